The van der Waals surface area contributed by atoms with E-state index in [0.29, 0.717) is 22.3 Å². The van der Waals surface area contributed by atoms with E-state index in [2.05, 4.69) is 21.4 Å². The summed E-state index contributed by atoms with van der Waals surface area (Å²) in [7, 11) is 1.57. The number of nitriles is 1. The third kappa shape index (κ3) is 3.45. The number of benzene rings is 2. The molecule has 2 aromatic carbocycles. The van der Waals surface area contributed by atoms with E-state index in [4.69, 9.17) is 21.6 Å². The van der Waals surface area contributed by atoms with Crippen molar-refractivity contribution in [1.29, 1.82) is 5.26 Å². The molecule has 1 aromatic heterocycles. The van der Waals surface area contributed by atoms with E-state index < -0.39 is 0 Å². The van der Waals surface area contributed by atoms with E-state index in [0.717, 1.165) is 16.9 Å². The molecule has 0 aliphatic carbocycles. The molecule has 0 saturated heterocycles. The number of aromatic nitrogens is 2. The summed E-state index contributed by atoms with van der Waals surface area (Å²) in [6.07, 6.45) is 1.66. The fourth-order valence-corrected chi connectivity index (χ4v) is 2.46. The molecular weight excluding hydrogens is 324 g/mol. The maximum absolute atomic E-state index is 9.01. The number of ether oxygens (including phenoxy) is 1. The zero-order valence-corrected chi connectivity index (χ0v) is 13.6. The lowest BCUT2D eigenvalue weighted by molar-refractivity contribution is 0.415. The zero-order chi connectivity index (χ0) is 16.9. The average Bonchev–Trinajstić information content (AvgIpc) is 2.62. The standard InChI is InChI=1S/C18H13ClN4O/c1-24-17-6-5-14(10-15(17)19)22-18-21-8-7-16(23-18)13-4-2-3-12(9-13)11-20/h2-10H,1H3,(H,21,22,23). The van der Waals surface area contributed by atoms with Crippen LogP contribution in [0.5, 0.6) is 5.75 Å². The van der Waals surface area contributed by atoms with Gasteiger partial charge in [0.1, 0.15) is 5.75 Å². The Morgan fingerprint density at radius 3 is 2.79 bits per heavy atom. The van der Waals surface area contributed by atoms with Crippen molar-refractivity contribution < 1.29 is 4.74 Å². The summed E-state index contributed by atoms with van der Waals surface area (Å²) >= 11 is 6.12. The van der Waals surface area contributed by atoms with Crippen LogP contribution in [-0.4, -0.2) is 17.1 Å². The van der Waals surface area contributed by atoms with Gasteiger partial charge in [-0.1, -0.05) is 23.7 Å². The van der Waals surface area contributed by atoms with Crippen LogP contribution in [0.15, 0.2) is 54.7 Å². The highest BCUT2D eigenvalue weighted by atomic mass is 35.5. The number of rotatable bonds is 4. The van der Waals surface area contributed by atoms with Gasteiger partial charge >= 0.3 is 0 Å². The van der Waals surface area contributed by atoms with E-state index >= 15 is 0 Å². The molecule has 118 valence electrons. The number of halogens is 1. The normalized spacial score (nSPS) is 10.0. The molecule has 0 radical (unpaired) electrons. The molecule has 1 heterocycles. The van der Waals surface area contributed by atoms with Gasteiger partial charge in [-0.25, -0.2) is 9.97 Å². The predicted octanol–water partition coefficient (Wildman–Crippen LogP) is 4.42. The van der Waals surface area contributed by atoms with E-state index in [1.54, 1.807) is 43.6 Å². The largest absolute Gasteiger partial charge is 0.495 e. The van der Waals surface area contributed by atoms with Gasteiger partial charge in [0.25, 0.3) is 0 Å². The van der Waals surface area contributed by atoms with Gasteiger partial charge in [-0.05, 0) is 36.4 Å². The first-order chi connectivity index (χ1) is 11.7. The van der Waals surface area contributed by atoms with Crippen molar-refractivity contribution >= 4 is 23.2 Å². The van der Waals surface area contributed by atoms with Crippen LogP contribution in [0.2, 0.25) is 5.02 Å². The molecule has 0 spiro atoms. The number of hydrogen-bond acceptors (Lipinski definition) is 5. The Bertz CT molecular complexity index is 921. The van der Waals surface area contributed by atoms with Gasteiger partial charge in [0.15, 0.2) is 0 Å². The van der Waals surface area contributed by atoms with E-state index in [-0.39, 0.29) is 0 Å². The quantitative estimate of drug-likeness (QED) is 0.763. The number of nitrogens with zero attached hydrogens (tertiary/aromatic N) is 3. The molecule has 0 atom stereocenters. The van der Waals surface area contributed by atoms with Crippen molar-refractivity contribution in [1.82, 2.24) is 9.97 Å². The smallest absolute Gasteiger partial charge is 0.227 e. The molecule has 0 fully saturated rings. The van der Waals surface area contributed by atoms with Crippen molar-refractivity contribution in [3.05, 3.63) is 65.3 Å². The molecule has 5 nitrogen and oxygen atoms in total. The molecule has 1 N–H and O–H groups in total. The Hall–Kier alpha value is -3.10. The Balaban J connectivity index is 1.88. The Morgan fingerprint density at radius 2 is 2.04 bits per heavy atom. The molecule has 0 bridgehead atoms. The molecule has 0 saturated carbocycles. The van der Waals surface area contributed by atoms with Gasteiger partial charge in [0.2, 0.25) is 5.95 Å². The van der Waals surface area contributed by atoms with Crippen LogP contribution in [0.1, 0.15) is 5.56 Å². The van der Waals surface area contributed by atoms with E-state index in [9.17, 15) is 0 Å². The molecule has 0 aliphatic heterocycles. The van der Waals surface area contributed by atoms with Gasteiger partial charge in [0, 0.05) is 17.4 Å². The van der Waals surface area contributed by atoms with Crippen molar-refractivity contribution in [3.63, 3.8) is 0 Å². The van der Waals surface area contributed by atoms with Gasteiger partial charge in [-0.3, -0.25) is 0 Å². The highest BCUT2D eigenvalue weighted by molar-refractivity contribution is 6.32. The van der Waals surface area contributed by atoms with Crippen molar-refractivity contribution in [2.24, 2.45) is 0 Å². The fourth-order valence-electron chi connectivity index (χ4n) is 2.20. The first kappa shape index (κ1) is 15.8. The molecule has 24 heavy (non-hydrogen) atoms. The third-order valence-electron chi connectivity index (χ3n) is 3.35. The van der Waals surface area contributed by atoms with Gasteiger partial charge in [-0.2, -0.15) is 5.26 Å². The summed E-state index contributed by atoms with van der Waals surface area (Å²) in [5.41, 5.74) is 2.92. The minimum atomic E-state index is 0.441. The maximum Gasteiger partial charge on any atom is 0.227 e. The molecule has 0 unspecified atom stereocenters. The first-order valence-electron chi connectivity index (χ1n) is 7.14. The second-order valence-corrected chi connectivity index (χ2v) is 5.34. The lowest BCUT2D eigenvalue weighted by Crippen LogP contribution is -1.98. The van der Waals surface area contributed by atoms with Crippen LogP contribution in [-0.2, 0) is 0 Å². The lowest BCUT2D eigenvalue weighted by atomic mass is 10.1. The number of hydrogen-bond donors (Lipinski definition) is 1. The molecule has 0 amide bonds. The van der Waals surface area contributed by atoms with Crippen LogP contribution in [0.3, 0.4) is 0 Å². The minimum Gasteiger partial charge on any atom is -0.495 e. The third-order valence-corrected chi connectivity index (χ3v) is 3.65. The summed E-state index contributed by atoms with van der Waals surface area (Å²) in [6, 6.07) is 16.5. The van der Waals surface area contributed by atoms with Crippen molar-refractivity contribution in [3.8, 4) is 23.1 Å². The SMILES string of the molecule is COc1ccc(Nc2nccc(-c3cccc(C#N)c3)n2)cc1Cl. The maximum atomic E-state index is 9.01. The second kappa shape index (κ2) is 6.99. The molecule has 6 heteroatoms. The number of methoxy groups -OCH3 is 1. The Morgan fingerprint density at radius 1 is 1.17 bits per heavy atom. The summed E-state index contributed by atoms with van der Waals surface area (Å²) in [5.74, 6) is 1.04. The van der Waals surface area contributed by atoms with Gasteiger partial charge in [-0.15, -0.1) is 0 Å². The fraction of sp³-hybridized carbons (Fsp3) is 0.0556. The lowest BCUT2D eigenvalue weighted by Gasteiger charge is -2.09. The van der Waals surface area contributed by atoms with Crippen molar-refractivity contribution in [2.75, 3.05) is 12.4 Å². The summed E-state index contributed by atoms with van der Waals surface area (Å²) in [6.45, 7) is 0. The van der Waals surface area contributed by atoms with Crippen LogP contribution >= 0.6 is 11.6 Å². The minimum absolute atomic E-state index is 0.441. The monoisotopic (exact) mass is 336 g/mol. The van der Waals surface area contributed by atoms with Gasteiger partial charge in [0.05, 0.1) is 29.5 Å². The highest BCUT2D eigenvalue weighted by Gasteiger charge is 2.06. The van der Waals surface area contributed by atoms with Crippen LogP contribution in [0.4, 0.5) is 11.6 Å². The Kier molecular flexibility index (Phi) is 4.59. The predicted molar refractivity (Wildman–Crippen MR) is 93.5 cm³/mol. The molecular formula is C18H13ClN4O. The second-order valence-electron chi connectivity index (χ2n) is 4.93. The van der Waals surface area contributed by atoms with Crippen molar-refractivity contribution in [2.45, 2.75) is 0 Å². The Labute approximate surface area is 144 Å². The highest BCUT2D eigenvalue weighted by Crippen LogP contribution is 2.28. The van der Waals surface area contributed by atoms with Crippen LogP contribution in [0, 0.1) is 11.3 Å². The topological polar surface area (TPSA) is 70.8 Å². The summed E-state index contributed by atoms with van der Waals surface area (Å²) < 4.78 is 5.13. The molecule has 3 rings (SSSR count). The first-order valence-corrected chi connectivity index (χ1v) is 7.51. The summed E-state index contributed by atoms with van der Waals surface area (Å²) in [5, 5.41) is 12.6. The van der Waals surface area contributed by atoms with Crippen LogP contribution in [0.25, 0.3) is 11.3 Å². The number of anilines is 2. The molecule has 0 aliphatic rings. The number of nitrogens with one attached hydrogen (secondary N) is 1. The average molecular weight is 337 g/mol. The van der Waals surface area contributed by atoms with E-state index in [1.807, 2.05) is 18.2 Å². The summed E-state index contributed by atoms with van der Waals surface area (Å²) in [4.78, 5) is 8.69. The molecule has 3 aromatic rings. The van der Waals surface area contributed by atoms with E-state index in [1.165, 1.54) is 0 Å². The van der Waals surface area contributed by atoms with Crippen LogP contribution < -0.4 is 10.1 Å². The zero-order valence-electron chi connectivity index (χ0n) is 12.8. The van der Waals surface area contributed by atoms with Gasteiger partial charge < -0.3 is 10.1 Å².